The molecule has 25 heavy (non-hydrogen) atoms. The molecule has 0 aromatic heterocycles. The van der Waals surface area contributed by atoms with Crippen LogP contribution in [0, 0.1) is 5.92 Å². The number of benzene rings is 2. The van der Waals surface area contributed by atoms with Crippen molar-refractivity contribution in [3.63, 3.8) is 0 Å². The average Bonchev–Trinajstić information content (AvgIpc) is 2.89. The Hall–Kier alpha value is -2.75. The van der Waals surface area contributed by atoms with Gasteiger partial charge in [0.25, 0.3) is 11.8 Å². The van der Waals surface area contributed by atoms with E-state index in [0.717, 1.165) is 11.1 Å². The number of amides is 2. The number of Topliss-reactive ketones (excluding diaryl/α,β-unsaturated/α-hetero) is 1. The van der Waals surface area contributed by atoms with Gasteiger partial charge in [-0.05, 0) is 36.1 Å². The van der Waals surface area contributed by atoms with Crippen LogP contribution in [-0.4, -0.2) is 28.5 Å². The number of hydrogen-bond acceptors (Lipinski definition) is 3. The summed E-state index contributed by atoms with van der Waals surface area (Å²) < 4.78 is 0. The van der Waals surface area contributed by atoms with Gasteiger partial charge in [-0.25, -0.2) is 0 Å². The smallest absolute Gasteiger partial charge is 0.261 e. The van der Waals surface area contributed by atoms with E-state index in [4.69, 9.17) is 0 Å². The minimum absolute atomic E-state index is 0.0945. The Kier molecular flexibility index (Phi) is 3.75. The molecule has 0 spiro atoms. The van der Waals surface area contributed by atoms with Crippen LogP contribution < -0.4 is 0 Å². The quantitative estimate of drug-likeness (QED) is 0.787. The van der Waals surface area contributed by atoms with Crippen molar-refractivity contribution in [3.8, 4) is 11.1 Å². The summed E-state index contributed by atoms with van der Waals surface area (Å²) in [4.78, 5) is 38.8. The fourth-order valence-corrected chi connectivity index (χ4v) is 3.85. The molecule has 1 heterocycles. The summed E-state index contributed by atoms with van der Waals surface area (Å²) in [5, 5.41) is 0. The summed E-state index contributed by atoms with van der Waals surface area (Å²) in [5.41, 5.74) is 2.88. The largest absolute Gasteiger partial charge is 0.299 e. The first-order valence-electron chi connectivity index (χ1n) is 8.66. The van der Waals surface area contributed by atoms with Gasteiger partial charge in [0.05, 0.1) is 11.1 Å². The summed E-state index contributed by atoms with van der Waals surface area (Å²) in [5.74, 6) is -0.336. The zero-order chi connectivity index (χ0) is 17.6. The number of carbonyl (C=O) groups is 3. The lowest BCUT2D eigenvalue weighted by molar-refractivity contribution is -0.125. The molecule has 0 N–H and O–H groups in total. The zero-order valence-corrected chi connectivity index (χ0v) is 14.1. The van der Waals surface area contributed by atoms with Crippen LogP contribution in [0.2, 0.25) is 0 Å². The molecule has 2 amide bonds. The highest BCUT2D eigenvalue weighted by Crippen LogP contribution is 2.34. The molecular formula is C21H19NO3. The molecule has 2 aromatic carbocycles. The minimum atomic E-state index is -0.232. The predicted octanol–water partition coefficient (Wildman–Crippen LogP) is 3.71. The van der Waals surface area contributed by atoms with E-state index >= 15 is 0 Å². The van der Waals surface area contributed by atoms with E-state index < -0.39 is 0 Å². The van der Waals surface area contributed by atoms with E-state index in [1.54, 1.807) is 6.07 Å². The fourth-order valence-electron chi connectivity index (χ4n) is 3.85. The average molecular weight is 333 g/mol. The lowest BCUT2D eigenvalue weighted by Gasteiger charge is -2.31. The van der Waals surface area contributed by atoms with E-state index in [0.29, 0.717) is 30.4 Å². The summed E-state index contributed by atoms with van der Waals surface area (Å²) in [6, 6.07) is 15.1. The van der Waals surface area contributed by atoms with E-state index in [9.17, 15) is 14.4 Å². The second-order valence-electron chi connectivity index (χ2n) is 6.90. The third-order valence-corrected chi connectivity index (χ3v) is 5.29. The summed E-state index contributed by atoms with van der Waals surface area (Å²) in [6.45, 7) is 1.88. The molecule has 1 aliphatic heterocycles. The molecule has 0 bridgehead atoms. The first-order valence-corrected chi connectivity index (χ1v) is 8.66. The van der Waals surface area contributed by atoms with Gasteiger partial charge in [-0.1, -0.05) is 43.3 Å². The minimum Gasteiger partial charge on any atom is -0.299 e. The first-order chi connectivity index (χ1) is 12.1. The Morgan fingerprint density at radius 1 is 0.880 bits per heavy atom. The van der Waals surface area contributed by atoms with E-state index in [1.165, 1.54) is 4.90 Å². The van der Waals surface area contributed by atoms with Crippen LogP contribution in [0.25, 0.3) is 11.1 Å². The molecule has 4 heteroatoms. The molecule has 0 radical (unpaired) electrons. The number of ketones is 1. The molecule has 4 rings (SSSR count). The number of hydrogen-bond donors (Lipinski definition) is 0. The van der Waals surface area contributed by atoms with Crippen molar-refractivity contribution >= 4 is 17.6 Å². The molecule has 2 atom stereocenters. The SMILES string of the molecule is CC1CC(N2C(=O)c3ccc(-c4ccccc4)cc3C2=O)CCC1=O. The maximum Gasteiger partial charge on any atom is 0.261 e. The number of imide groups is 1. The van der Waals surface area contributed by atoms with Gasteiger partial charge in [0.15, 0.2) is 0 Å². The van der Waals surface area contributed by atoms with Gasteiger partial charge in [0.1, 0.15) is 5.78 Å². The zero-order valence-electron chi connectivity index (χ0n) is 14.1. The highest BCUT2D eigenvalue weighted by molar-refractivity contribution is 6.22. The molecule has 1 aliphatic carbocycles. The number of carbonyl (C=O) groups excluding carboxylic acids is 3. The van der Waals surface area contributed by atoms with Crippen molar-refractivity contribution < 1.29 is 14.4 Å². The van der Waals surface area contributed by atoms with E-state index in [2.05, 4.69) is 0 Å². The Morgan fingerprint density at radius 3 is 2.32 bits per heavy atom. The van der Waals surface area contributed by atoms with Crippen molar-refractivity contribution in [2.45, 2.75) is 32.2 Å². The normalized spacial score (nSPS) is 23.1. The monoisotopic (exact) mass is 333 g/mol. The molecule has 2 aromatic rings. The molecule has 2 aliphatic rings. The van der Waals surface area contributed by atoms with Crippen molar-refractivity contribution in [1.29, 1.82) is 0 Å². The van der Waals surface area contributed by atoms with Gasteiger partial charge >= 0.3 is 0 Å². The van der Waals surface area contributed by atoms with Crippen LogP contribution in [0.1, 0.15) is 46.9 Å². The number of nitrogens with zero attached hydrogens (tertiary/aromatic N) is 1. The van der Waals surface area contributed by atoms with Gasteiger partial charge in [-0.3, -0.25) is 19.3 Å². The van der Waals surface area contributed by atoms with Crippen molar-refractivity contribution in [3.05, 3.63) is 59.7 Å². The van der Waals surface area contributed by atoms with Crippen LogP contribution in [0.4, 0.5) is 0 Å². The summed E-state index contributed by atoms with van der Waals surface area (Å²) in [7, 11) is 0. The van der Waals surface area contributed by atoms with Crippen molar-refractivity contribution in [2.75, 3.05) is 0 Å². The Morgan fingerprint density at radius 2 is 1.60 bits per heavy atom. The lowest BCUT2D eigenvalue weighted by atomic mass is 9.85. The maximum absolute atomic E-state index is 12.9. The van der Waals surface area contributed by atoms with Gasteiger partial charge in [-0.2, -0.15) is 0 Å². The van der Waals surface area contributed by atoms with Crippen LogP contribution in [0.5, 0.6) is 0 Å². The van der Waals surface area contributed by atoms with Gasteiger partial charge in [-0.15, -0.1) is 0 Å². The van der Waals surface area contributed by atoms with Crippen molar-refractivity contribution in [2.24, 2.45) is 5.92 Å². The second-order valence-corrected chi connectivity index (χ2v) is 6.90. The molecule has 4 nitrogen and oxygen atoms in total. The highest BCUT2D eigenvalue weighted by atomic mass is 16.2. The standard InChI is InChI=1S/C21H19NO3/c1-13-11-16(8-10-19(13)23)22-20(24)17-9-7-15(12-18(17)21(22)25)14-5-3-2-4-6-14/h2-7,9,12-13,16H,8,10-11H2,1H3. The number of rotatable bonds is 2. The summed E-state index contributed by atoms with van der Waals surface area (Å²) in [6.07, 6.45) is 1.57. The molecule has 2 unspecified atom stereocenters. The predicted molar refractivity (Wildman–Crippen MR) is 94.2 cm³/mol. The van der Waals surface area contributed by atoms with Gasteiger partial charge in [0.2, 0.25) is 0 Å². The number of fused-ring (bicyclic) bond motifs is 1. The van der Waals surface area contributed by atoms with Crippen LogP contribution >= 0.6 is 0 Å². The lowest BCUT2D eigenvalue weighted by Crippen LogP contribution is -2.44. The molecular weight excluding hydrogens is 314 g/mol. The fraction of sp³-hybridized carbons (Fsp3) is 0.286. The van der Waals surface area contributed by atoms with Gasteiger partial charge < -0.3 is 0 Å². The van der Waals surface area contributed by atoms with Crippen LogP contribution in [0.3, 0.4) is 0 Å². The van der Waals surface area contributed by atoms with E-state index in [-0.39, 0.29) is 29.6 Å². The Labute approximate surface area is 146 Å². The Bertz CT molecular complexity index is 872. The molecule has 1 fully saturated rings. The maximum atomic E-state index is 12.9. The van der Waals surface area contributed by atoms with Crippen LogP contribution in [-0.2, 0) is 4.79 Å². The van der Waals surface area contributed by atoms with Gasteiger partial charge in [0, 0.05) is 18.4 Å². The second kappa shape index (κ2) is 5.96. The topological polar surface area (TPSA) is 54.5 Å². The third-order valence-electron chi connectivity index (χ3n) is 5.29. The third kappa shape index (κ3) is 2.58. The molecule has 0 saturated heterocycles. The van der Waals surface area contributed by atoms with Crippen LogP contribution in [0.15, 0.2) is 48.5 Å². The Balaban J connectivity index is 1.67. The first kappa shape index (κ1) is 15.8. The molecule has 1 saturated carbocycles. The summed E-state index contributed by atoms with van der Waals surface area (Å²) >= 11 is 0. The van der Waals surface area contributed by atoms with E-state index in [1.807, 2.05) is 49.4 Å². The van der Waals surface area contributed by atoms with Crippen molar-refractivity contribution in [1.82, 2.24) is 4.90 Å². The molecule has 126 valence electrons. The highest BCUT2D eigenvalue weighted by Gasteiger charge is 2.42.